The van der Waals surface area contributed by atoms with E-state index in [1.54, 1.807) is 19.3 Å². The average Bonchev–Trinajstić information content (AvgIpc) is 3.08. The summed E-state index contributed by atoms with van der Waals surface area (Å²) in [6.45, 7) is 3.68. The number of nitrogens with zero attached hydrogens (tertiary/aromatic N) is 3. The SMILES string of the molecule is C=CCc1cccc(/C=N/n2cnc3c([nH]c4ccc(OC)cc43)c2=O)c1O. The molecule has 2 N–H and O–H groups in total. The Morgan fingerprint density at radius 1 is 1.36 bits per heavy atom. The Kier molecular flexibility index (Phi) is 4.41. The summed E-state index contributed by atoms with van der Waals surface area (Å²) in [6.07, 6.45) is 5.05. The largest absolute Gasteiger partial charge is 0.507 e. The molecule has 0 saturated carbocycles. The number of aromatic hydroxyl groups is 1. The third kappa shape index (κ3) is 2.92. The molecule has 140 valence electrons. The summed E-state index contributed by atoms with van der Waals surface area (Å²) < 4.78 is 6.38. The molecule has 0 unspecified atom stereocenters. The highest BCUT2D eigenvalue weighted by molar-refractivity contribution is 6.04. The van der Waals surface area contributed by atoms with Gasteiger partial charge in [-0.1, -0.05) is 18.2 Å². The van der Waals surface area contributed by atoms with Crippen LogP contribution in [0.5, 0.6) is 11.5 Å². The van der Waals surface area contributed by atoms with Crippen LogP contribution in [0.4, 0.5) is 0 Å². The minimum Gasteiger partial charge on any atom is -0.507 e. The van der Waals surface area contributed by atoms with Gasteiger partial charge in [0.25, 0.3) is 5.56 Å². The number of H-pyrrole nitrogens is 1. The molecule has 0 radical (unpaired) electrons. The number of para-hydroxylation sites is 1. The second-order valence-corrected chi connectivity index (χ2v) is 6.25. The molecule has 0 atom stereocenters. The van der Waals surface area contributed by atoms with Gasteiger partial charge in [0.15, 0.2) is 0 Å². The number of allylic oxidation sites excluding steroid dienone is 1. The second-order valence-electron chi connectivity index (χ2n) is 6.25. The molecule has 28 heavy (non-hydrogen) atoms. The lowest BCUT2D eigenvalue weighted by molar-refractivity contribution is 0.415. The van der Waals surface area contributed by atoms with Gasteiger partial charge in [0.2, 0.25) is 0 Å². The molecule has 2 heterocycles. The van der Waals surface area contributed by atoms with Gasteiger partial charge in [0, 0.05) is 16.5 Å². The zero-order chi connectivity index (χ0) is 19.7. The van der Waals surface area contributed by atoms with E-state index in [1.807, 2.05) is 30.3 Å². The number of methoxy groups -OCH3 is 1. The molecule has 0 fully saturated rings. The number of aromatic amines is 1. The Labute approximate surface area is 160 Å². The standard InChI is InChI=1S/C21H18N4O3/c1-3-5-13-6-4-7-14(20(13)26)11-23-25-12-22-18-16-10-15(28-2)8-9-17(16)24-19(18)21(25)27/h3-4,6-12,24,26H,1,5H2,2H3/b23-11+. The van der Waals surface area contributed by atoms with Crippen molar-refractivity contribution in [1.29, 1.82) is 0 Å². The van der Waals surface area contributed by atoms with Crippen molar-refractivity contribution >= 4 is 28.2 Å². The van der Waals surface area contributed by atoms with E-state index in [9.17, 15) is 9.90 Å². The van der Waals surface area contributed by atoms with Crippen molar-refractivity contribution in [3.05, 3.63) is 76.9 Å². The molecule has 0 aliphatic heterocycles. The van der Waals surface area contributed by atoms with Gasteiger partial charge in [-0.3, -0.25) is 4.79 Å². The third-order valence-corrected chi connectivity index (χ3v) is 4.53. The highest BCUT2D eigenvalue weighted by Gasteiger charge is 2.11. The quantitative estimate of drug-likeness (QED) is 0.414. The van der Waals surface area contributed by atoms with Crippen LogP contribution in [0.1, 0.15) is 11.1 Å². The van der Waals surface area contributed by atoms with Crippen LogP contribution in [-0.2, 0) is 6.42 Å². The lowest BCUT2D eigenvalue weighted by Gasteiger charge is -2.04. The minimum atomic E-state index is -0.335. The van der Waals surface area contributed by atoms with E-state index >= 15 is 0 Å². The molecular formula is C21H18N4O3. The molecule has 0 bridgehead atoms. The summed E-state index contributed by atoms with van der Waals surface area (Å²) in [5, 5.41) is 15.3. The predicted octanol–water partition coefficient (Wildman–Crippen LogP) is 3.20. The Hall–Kier alpha value is -3.87. The highest BCUT2D eigenvalue weighted by atomic mass is 16.5. The maximum absolute atomic E-state index is 12.8. The lowest BCUT2D eigenvalue weighted by atomic mass is 10.1. The van der Waals surface area contributed by atoms with E-state index in [0.29, 0.717) is 28.8 Å². The van der Waals surface area contributed by atoms with Gasteiger partial charge >= 0.3 is 0 Å². The van der Waals surface area contributed by atoms with Crippen molar-refractivity contribution in [3.8, 4) is 11.5 Å². The van der Waals surface area contributed by atoms with E-state index in [2.05, 4.69) is 21.6 Å². The van der Waals surface area contributed by atoms with Crippen molar-refractivity contribution < 1.29 is 9.84 Å². The number of hydrogen-bond donors (Lipinski definition) is 2. The molecule has 2 aromatic heterocycles. The van der Waals surface area contributed by atoms with Crippen molar-refractivity contribution in [2.75, 3.05) is 7.11 Å². The fraction of sp³-hybridized carbons (Fsp3) is 0.0952. The van der Waals surface area contributed by atoms with Crippen molar-refractivity contribution in [1.82, 2.24) is 14.6 Å². The van der Waals surface area contributed by atoms with Crippen LogP contribution in [-0.4, -0.2) is 33.1 Å². The number of aromatic nitrogens is 3. The van der Waals surface area contributed by atoms with Crippen LogP contribution in [0.2, 0.25) is 0 Å². The van der Waals surface area contributed by atoms with Gasteiger partial charge in [0.1, 0.15) is 28.9 Å². The van der Waals surface area contributed by atoms with Gasteiger partial charge in [-0.25, -0.2) is 4.98 Å². The maximum Gasteiger partial charge on any atom is 0.298 e. The van der Waals surface area contributed by atoms with Gasteiger partial charge in [-0.05, 0) is 36.2 Å². The minimum absolute atomic E-state index is 0.117. The monoisotopic (exact) mass is 374 g/mol. The van der Waals surface area contributed by atoms with Crippen molar-refractivity contribution in [2.45, 2.75) is 6.42 Å². The summed E-state index contributed by atoms with van der Waals surface area (Å²) in [5.41, 5.74) is 2.61. The highest BCUT2D eigenvalue weighted by Crippen LogP contribution is 2.25. The molecule has 0 saturated heterocycles. The van der Waals surface area contributed by atoms with E-state index in [0.717, 1.165) is 21.1 Å². The smallest absolute Gasteiger partial charge is 0.298 e. The topological polar surface area (TPSA) is 92.5 Å². The van der Waals surface area contributed by atoms with Gasteiger partial charge in [-0.2, -0.15) is 9.78 Å². The number of hydrogen-bond acceptors (Lipinski definition) is 5. The number of nitrogens with one attached hydrogen (secondary N) is 1. The predicted molar refractivity (Wildman–Crippen MR) is 109 cm³/mol. The molecule has 4 rings (SSSR count). The number of fused-ring (bicyclic) bond motifs is 3. The fourth-order valence-electron chi connectivity index (χ4n) is 3.09. The van der Waals surface area contributed by atoms with Gasteiger partial charge in [0.05, 0.1) is 13.3 Å². The van der Waals surface area contributed by atoms with E-state index in [4.69, 9.17) is 4.74 Å². The van der Waals surface area contributed by atoms with E-state index < -0.39 is 0 Å². The summed E-state index contributed by atoms with van der Waals surface area (Å²) in [5.74, 6) is 0.804. The number of ether oxygens (including phenoxy) is 1. The molecule has 4 aromatic rings. The Balaban J connectivity index is 1.78. The number of phenols is 1. The fourth-order valence-corrected chi connectivity index (χ4v) is 3.09. The van der Waals surface area contributed by atoms with E-state index in [1.165, 1.54) is 12.5 Å². The maximum atomic E-state index is 12.8. The molecular weight excluding hydrogens is 356 g/mol. The first-order valence-electron chi connectivity index (χ1n) is 8.65. The average molecular weight is 374 g/mol. The molecule has 0 aliphatic rings. The van der Waals surface area contributed by atoms with Crippen LogP contribution in [0, 0.1) is 0 Å². The van der Waals surface area contributed by atoms with Gasteiger partial charge in [-0.15, -0.1) is 6.58 Å². The molecule has 0 aliphatic carbocycles. The molecule has 7 heteroatoms. The Morgan fingerprint density at radius 2 is 2.21 bits per heavy atom. The first-order chi connectivity index (χ1) is 13.6. The normalized spacial score (nSPS) is 11.5. The third-order valence-electron chi connectivity index (χ3n) is 4.53. The molecule has 7 nitrogen and oxygen atoms in total. The zero-order valence-corrected chi connectivity index (χ0v) is 15.2. The van der Waals surface area contributed by atoms with Crippen LogP contribution in [0.3, 0.4) is 0 Å². The summed E-state index contributed by atoms with van der Waals surface area (Å²) in [6, 6.07) is 10.8. The Bertz CT molecular complexity index is 1280. The first kappa shape index (κ1) is 17.5. The Morgan fingerprint density at radius 3 is 3.00 bits per heavy atom. The van der Waals surface area contributed by atoms with Crippen LogP contribution < -0.4 is 10.3 Å². The molecule has 0 spiro atoms. The van der Waals surface area contributed by atoms with Crippen LogP contribution in [0.15, 0.2) is 65.3 Å². The summed E-state index contributed by atoms with van der Waals surface area (Å²) in [4.78, 5) is 20.3. The van der Waals surface area contributed by atoms with Gasteiger partial charge < -0.3 is 14.8 Å². The number of benzene rings is 2. The van der Waals surface area contributed by atoms with Crippen LogP contribution in [0.25, 0.3) is 21.9 Å². The summed E-state index contributed by atoms with van der Waals surface area (Å²) in [7, 11) is 1.59. The second kappa shape index (κ2) is 7.03. The van der Waals surface area contributed by atoms with Crippen molar-refractivity contribution in [3.63, 3.8) is 0 Å². The number of phenolic OH excluding ortho intramolecular Hbond substituents is 1. The molecule has 0 amide bonds. The summed E-state index contributed by atoms with van der Waals surface area (Å²) >= 11 is 0. The van der Waals surface area contributed by atoms with Crippen molar-refractivity contribution in [2.24, 2.45) is 5.10 Å². The first-order valence-corrected chi connectivity index (χ1v) is 8.65. The van der Waals surface area contributed by atoms with Crippen LogP contribution >= 0.6 is 0 Å². The molecule has 2 aromatic carbocycles. The number of rotatable bonds is 5. The van der Waals surface area contributed by atoms with E-state index in [-0.39, 0.29) is 11.3 Å². The zero-order valence-electron chi connectivity index (χ0n) is 15.2. The lowest BCUT2D eigenvalue weighted by Crippen LogP contribution is -2.17.